The van der Waals surface area contributed by atoms with Crippen LogP contribution in [0.25, 0.3) is 0 Å². The summed E-state index contributed by atoms with van der Waals surface area (Å²) in [6.45, 7) is 0.416. The number of amides is 3. The van der Waals surface area contributed by atoms with Gasteiger partial charge in [0.15, 0.2) is 11.5 Å². The van der Waals surface area contributed by atoms with E-state index in [0.717, 1.165) is 16.0 Å². The van der Waals surface area contributed by atoms with Crippen molar-refractivity contribution in [1.29, 1.82) is 0 Å². The predicted molar refractivity (Wildman–Crippen MR) is 141 cm³/mol. The molecule has 3 amide bonds. The van der Waals surface area contributed by atoms with Gasteiger partial charge in [0, 0.05) is 23.5 Å². The molecule has 0 aliphatic carbocycles. The molecule has 1 unspecified atom stereocenters. The summed E-state index contributed by atoms with van der Waals surface area (Å²) in [6.07, 6.45) is 2.98. The van der Waals surface area contributed by atoms with Crippen LogP contribution in [0.2, 0.25) is 0 Å². The molecule has 0 spiro atoms. The summed E-state index contributed by atoms with van der Waals surface area (Å²) in [5.41, 5.74) is 2.62. The van der Waals surface area contributed by atoms with E-state index in [1.165, 1.54) is 0 Å². The molecule has 3 rings (SSSR count). The molecule has 0 saturated heterocycles. The number of ether oxygens (including phenoxy) is 2. The van der Waals surface area contributed by atoms with Gasteiger partial charge in [0.05, 0.1) is 14.2 Å². The maximum absolute atomic E-state index is 13.0. The van der Waals surface area contributed by atoms with Crippen LogP contribution in [0.4, 0.5) is 10.5 Å². The van der Waals surface area contributed by atoms with E-state index in [2.05, 4.69) is 16.0 Å². The second-order valence-electron chi connectivity index (χ2n) is 7.80. The number of carbonyl (C=O) groups excluding carboxylic acids is 2. The van der Waals surface area contributed by atoms with Crippen LogP contribution in [0.15, 0.2) is 77.7 Å². The van der Waals surface area contributed by atoms with Gasteiger partial charge in [-0.15, -0.1) is 11.8 Å². The molecule has 8 heteroatoms. The highest BCUT2D eigenvalue weighted by molar-refractivity contribution is 7.98. The smallest absolute Gasteiger partial charge is 0.319 e. The maximum atomic E-state index is 13.0. The second-order valence-corrected chi connectivity index (χ2v) is 8.68. The lowest BCUT2D eigenvalue weighted by Gasteiger charge is -2.19. The van der Waals surface area contributed by atoms with Gasteiger partial charge in [0.25, 0.3) is 0 Å². The third-order valence-electron chi connectivity index (χ3n) is 5.41. The van der Waals surface area contributed by atoms with Crippen molar-refractivity contribution in [3.05, 3.63) is 83.9 Å². The summed E-state index contributed by atoms with van der Waals surface area (Å²) < 4.78 is 10.6. The number of methoxy groups -OCH3 is 2. The zero-order valence-corrected chi connectivity index (χ0v) is 21.0. The number of hydrogen-bond donors (Lipinski definition) is 3. The van der Waals surface area contributed by atoms with Gasteiger partial charge in [0.2, 0.25) is 5.91 Å². The Morgan fingerprint density at radius 3 is 2.26 bits per heavy atom. The number of carbonyl (C=O) groups is 2. The third kappa shape index (κ3) is 7.96. The first kappa shape index (κ1) is 26.0. The van der Waals surface area contributed by atoms with Crippen molar-refractivity contribution in [3.63, 3.8) is 0 Å². The van der Waals surface area contributed by atoms with Crippen molar-refractivity contribution in [2.75, 3.05) is 32.3 Å². The summed E-state index contributed by atoms with van der Waals surface area (Å²) in [6, 6.07) is 21.6. The number of nitrogens with one attached hydrogen (secondary N) is 3. The van der Waals surface area contributed by atoms with E-state index in [-0.39, 0.29) is 5.91 Å². The standard InChI is InChI=1S/C27H31N3O4S/c1-33-24-14-9-20(18-25(24)34-2)15-16-28-26(31)23(17-19-7-5-4-6-8-19)30-27(32)29-21-10-12-22(35-3)13-11-21/h4-14,18,23H,15-17H2,1-3H3,(H,28,31)(H2,29,30,32). The molecule has 0 radical (unpaired) electrons. The van der Waals surface area contributed by atoms with Gasteiger partial charge >= 0.3 is 6.03 Å². The fourth-order valence-corrected chi connectivity index (χ4v) is 3.96. The molecule has 1 atom stereocenters. The maximum Gasteiger partial charge on any atom is 0.319 e. The third-order valence-corrected chi connectivity index (χ3v) is 6.16. The van der Waals surface area contributed by atoms with Crippen molar-refractivity contribution >= 4 is 29.4 Å². The zero-order chi connectivity index (χ0) is 25.0. The van der Waals surface area contributed by atoms with E-state index in [9.17, 15) is 9.59 Å². The van der Waals surface area contributed by atoms with Gasteiger partial charge in [-0.3, -0.25) is 4.79 Å². The molecule has 0 heterocycles. The second kappa shape index (κ2) is 13.3. The van der Waals surface area contributed by atoms with E-state index in [0.29, 0.717) is 36.6 Å². The number of urea groups is 1. The van der Waals surface area contributed by atoms with E-state index in [4.69, 9.17) is 9.47 Å². The first-order valence-corrected chi connectivity index (χ1v) is 12.5. The van der Waals surface area contributed by atoms with Crippen LogP contribution in [0.1, 0.15) is 11.1 Å². The summed E-state index contributed by atoms with van der Waals surface area (Å²) in [7, 11) is 3.18. The van der Waals surface area contributed by atoms with Crippen LogP contribution < -0.4 is 25.4 Å². The first-order chi connectivity index (χ1) is 17.0. The Kier molecular flexibility index (Phi) is 9.86. The molecule has 7 nitrogen and oxygen atoms in total. The van der Waals surface area contributed by atoms with Crippen LogP contribution in [-0.2, 0) is 17.6 Å². The Balaban J connectivity index is 1.61. The quantitative estimate of drug-likeness (QED) is 0.342. The van der Waals surface area contributed by atoms with Crippen LogP contribution in [0.5, 0.6) is 11.5 Å². The number of benzene rings is 3. The Morgan fingerprint density at radius 1 is 0.886 bits per heavy atom. The predicted octanol–water partition coefficient (Wildman–Crippen LogP) is 4.52. The first-order valence-electron chi connectivity index (χ1n) is 11.3. The van der Waals surface area contributed by atoms with Crippen molar-refractivity contribution < 1.29 is 19.1 Å². The highest BCUT2D eigenvalue weighted by Crippen LogP contribution is 2.27. The summed E-state index contributed by atoms with van der Waals surface area (Å²) in [5.74, 6) is 1.05. The number of thioether (sulfide) groups is 1. The number of anilines is 1. The van der Waals surface area contributed by atoms with Crippen molar-refractivity contribution in [3.8, 4) is 11.5 Å². The van der Waals surface area contributed by atoms with Gasteiger partial charge in [-0.2, -0.15) is 0 Å². The molecule has 0 aromatic heterocycles. The Bertz CT molecular complexity index is 1110. The molecule has 0 fully saturated rings. The van der Waals surface area contributed by atoms with Gasteiger partial charge in [-0.05, 0) is 60.2 Å². The Morgan fingerprint density at radius 2 is 1.60 bits per heavy atom. The molecular weight excluding hydrogens is 462 g/mol. The topological polar surface area (TPSA) is 88.7 Å². The van der Waals surface area contributed by atoms with E-state index >= 15 is 0 Å². The Hall–Kier alpha value is -3.65. The number of rotatable bonds is 11. The number of hydrogen-bond acceptors (Lipinski definition) is 5. The van der Waals surface area contributed by atoms with Gasteiger partial charge in [-0.25, -0.2) is 4.79 Å². The van der Waals surface area contributed by atoms with Crippen LogP contribution in [0, 0.1) is 0 Å². The van der Waals surface area contributed by atoms with Crippen LogP contribution in [0.3, 0.4) is 0 Å². The van der Waals surface area contributed by atoms with Crippen LogP contribution >= 0.6 is 11.8 Å². The fraction of sp³-hybridized carbons (Fsp3) is 0.259. The van der Waals surface area contributed by atoms with Gasteiger partial charge in [0.1, 0.15) is 6.04 Å². The SMILES string of the molecule is COc1ccc(CCNC(=O)C(Cc2ccccc2)NC(=O)Nc2ccc(SC)cc2)cc1OC. The molecule has 3 N–H and O–H groups in total. The molecule has 3 aromatic rings. The van der Waals surface area contributed by atoms with E-state index in [1.54, 1.807) is 26.0 Å². The van der Waals surface area contributed by atoms with Crippen molar-refractivity contribution in [2.24, 2.45) is 0 Å². The highest BCUT2D eigenvalue weighted by atomic mass is 32.2. The minimum absolute atomic E-state index is 0.248. The minimum Gasteiger partial charge on any atom is -0.493 e. The summed E-state index contributed by atoms with van der Waals surface area (Å²) >= 11 is 1.63. The molecule has 0 bridgehead atoms. The van der Waals surface area contributed by atoms with Crippen molar-refractivity contribution in [2.45, 2.75) is 23.8 Å². The average Bonchev–Trinajstić information content (AvgIpc) is 2.89. The monoisotopic (exact) mass is 493 g/mol. The molecular formula is C27H31N3O4S. The molecule has 3 aromatic carbocycles. The lowest BCUT2D eigenvalue weighted by atomic mass is 10.1. The molecule has 184 valence electrons. The molecule has 35 heavy (non-hydrogen) atoms. The van der Waals surface area contributed by atoms with Gasteiger partial charge in [-0.1, -0.05) is 36.4 Å². The molecule has 0 aliphatic rings. The Labute approximate surface area is 210 Å². The van der Waals surface area contributed by atoms with E-state index in [1.807, 2.05) is 79.1 Å². The lowest BCUT2D eigenvalue weighted by molar-refractivity contribution is -0.122. The average molecular weight is 494 g/mol. The highest BCUT2D eigenvalue weighted by Gasteiger charge is 2.21. The van der Waals surface area contributed by atoms with Crippen molar-refractivity contribution in [1.82, 2.24) is 10.6 Å². The van der Waals surface area contributed by atoms with Crippen LogP contribution in [-0.4, -0.2) is 45.0 Å². The normalized spacial score (nSPS) is 11.3. The molecule has 0 aliphatic heterocycles. The minimum atomic E-state index is -0.728. The zero-order valence-electron chi connectivity index (χ0n) is 20.2. The fourth-order valence-electron chi connectivity index (χ4n) is 3.55. The largest absolute Gasteiger partial charge is 0.493 e. The summed E-state index contributed by atoms with van der Waals surface area (Å²) in [4.78, 5) is 26.8. The lowest BCUT2D eigenvalue weighted by Crippen LogP contribution is -2.49. The summed E-state index contributed by atoms with van der Waals surface area (Å²) in [5, 5.41) is 8.57. The van der Waals surface area contributed by atoms with E-state index < -0.39 is 12.1 Å². The molecule has 0 saturated carbocycles. The van der Waals surface area contributed by atoms with Gasteiger partial charge < -0.3 is 25.4 Å².